The molecule has 0 atom stereocenters. The van der Waals surface area contributed by atoms with Crippen molar-refractivity contribution in [3.05, 3.63) is 29.6 Å². The molecule has 2 amide bonds. The van der Waals surface area contributed by atoms with Gasteiger partial charge in [-0.25, -0.2) is 0 Å². The van der Waals surface area contributed by atoms with E-state index in [9.17, 15) is 9.59 Å². The summed E-state index contributed by atoms with van der Waals surface area (Å²) in [7, 11) is 1.55. The van der Waals surface area contributed by atoms with E-state index in [-0.39, 0.29) is 18.4 Å². The van der Waals surface area contributed by atoms with Crippen molar-refractivity contribution in [2.24, 2.45) is 0 Å². The van der Waals surface area contributed by atoms with Gasteiger partial charge in [-0.3, -0.25) is 9.59 Å². The Kier molecular flexibility index (Phi) is 5.80. The topological polar surface area (TPSA) is 58.2 Å². The van der Waals surface area contributed by atoms with Crippen molar-refractivity contribution in [2.45, 2.75) is 6.42 Å². The highest BCUT2D eigenvalue weighted by molar-refractivity contribution is 8.33. The average molecular weight is 332 g/mol. The Morgan fingerprint density at radius 1 is 1.11 bits per heavy atom. The van der Waals surface area contributed by atoms with Crippen LogP contribution in [0.1, 0.15) is 6.42 Å². The molecule has 2 N–H and O–H groups in total. The summed E-state index contributed by atoms with van der Waals surface area (Å²) in [4.78, 5) is 23.7. The molecule has 2 rings (SSSR count). The van der Waals surface area contributed by atoms with E-state index in [2.05, 4.69) is 21.4 Å². The van der Waals surface area contributed by atoms with Crippen molar-refractivity contribution < 1.29 is 9.59 Å². The zero-order valence-electron chi connectivity index (χ0n) is 10.1. The Balaban J connectivity index is 1.77. The fourth-order valence-corrected chi connectivity index (χ4v) is 5.74. The number of hydrogen-bond donors (Lipinski definition) is 2. The van der Waals surface area contributed by atoms with Gasteiger partial charge in [-0.2, -0.15) is 0 Å². The molecule has 0 fully saturated rings. The first kappa shape index (κ1) is 15.0. The van der Waals surface area contributed by atoms with Crippen LogP contribution in [0.5, 0.6) is 0 Å². The molecule has 8 heteroatoms. The fraction of sp³-hybridized carbons (Fsp3) is 0.273. The summed E-state index contributed by atoms with van der Waals surface area (Å²) in [5, 5.41) is 11.2. The lowest BCUT2D eigenvalue weighted by Crippen LogP contribution is -2.35. The summed E-state index contributed by atoms with van der Waals surface area (Å²) in [6, 6.07) is 0. The second-order valence-electron chi connectivity index (χ2n) is 3.51. The molecular weight excluding hydrogens is 320 g/mol. The summed E-state index contributed by atoms with van der Waals surface area (Å²) in [6.07, 6.45) is 0.328. The van der Waals surface area contributed by atoms with E-state index in [4.69, 9.17) is 0 Å². The van der Waals surface area contributed by atoms with Crippen LogP contribution in [-0.2, 0) is 9.59 Å². The quantitative estimate of drug-likeness (QED) is 0.825. The van der Waals surface area contributed by atoms with Crippen molar-refractivity contribution in [1.82, 2.24) is 10.6 Å². The number of nitrogens with one attached hydrogen (secondary N) is 2. The fourth-order valence-electron chi connectivity index (χ4n) is 1.25. The first-order valence-electron chi connectivity index (χ1n) is 5.42. The molecule has 0 aromatic heterocycles. The monoisotopic (exact) mass is 332 g/mol. The summed E-state index contributed by atoms with van der Waals surface area (Å²) in [6.45, 7) is 0.0317. The number of carbonyl (C=O) groups is 2. The molecule has 2 aliphatic rings. The maximum Gasteiger partial charge on any atom is 0.239 e. The standard InChI is InChI=1S/C11H12N2O2S4/c1-12-9(15)5-13-8(14)4-7-6-18-11(19-7)10-16-2-3-17-10/h2-3,6H,4-5H2,1H3,(H,12,15)(H,13,14). The highest BCUT2D eigenvalue weighted by Crippen LogP contribution is 2.53. The number of amides is 2. The molecule has 0 unspecified atom stereocenters. The van der Waals surface area contributed by atoms with Crippen molar-refractivity contribution in [1.29, 1.82) is 0 Å². The van der Waals surface area contributed by atoms with E-state index in [0.29, 0.717) is 6.42 Å². The molecule has 0 bridgehead atoms. The lowest BCUT2D eigenvalue weighted by atomic mass is 10.4. The van der Waals surface area contributed by atoms with E-state index in [1.807, 2.05) is 5.41 Å². The van der Waals surface area contributed by atoms with Crippen LogP contribution >= 0.6 is 47.0 Å². The predicted octanol–water partition coefficient (Wildman–Crippen LogP) is 2.64. The second-order valence-corrected chi connectivity index (χ2v) is 7.88. The van der Waals surface area contributed by atoms with Crippen LogP contribution in [0.4, 0.5) is 0 Å². The first-order valence-corrected chi connectivity index (χ1v) is 8.88. The van der Waals surface area contributed by atoms with Gasteiger partial charge in [0.2, 0.25) is 11.8 Å². The third kappa shape index (κ3) is 4.55. The minimum absolute atomic E-state index is 0.0317. The lowest BCUT2D eigenvalue weighted by molar-refractivity contribution is -0.125. The Morgan fingerprint density at radius 3 is 2.53 bits per heavy atom. The average Bonchev–Trinajstić information content (AvgIpc) is 3.06. The van der Waals surface area contributed by atoms with Crippen LogP contribution < -0.4 is 10.6 Å². The van der Waals surface area contributed by atoms with Crippen LogP contribution in [-0.4, -0.2) is 25.4 Å². The molecule has 0 aromatic rings. The third-order valence-corrected chi connectivity index (χ3v) is 7.22. The molecule has 0 saturated carbocycles. The van der Waals surface area contributed by atoms with Crippen LogP contribution in [0.15, 0.2) is 29.6 Å². The van der Waals surface area contributed by atoms with Gasteiger partial charge in [0.1, 0.15) is 0 Å². The molecule has 0 aromatic carbocycles. The molecule has 2 heterocycles. The van der Waals surface area contributed by atoms with Crippen molar-refractivity contribution in [2.75, 3.05) is 13.6 Å². The maximum absolute atomic E-state index is 11.7. The number of thioether (sulfide) groups is 4. The van der Waals surface area contributed by atoms with Crippen LogP contribution in [0.25, 0.3) is 0 Å². The summed E-state index contributed by atoms with van der Waals surface area (Å²) in [5.41, 5.74) is 0. The maximum atomic E-state index is 11.7. The highest BCUT2D eigenvalue weighted by Gasteiger charge is 2.20. The van der Waals surface area contributed by atoms with Crippen molar-refractivity contribution >= 4 is 58.9 Å². The van der Waals surface area contributed by atoms with Crippen molar-refractivity contribution in [3.8, 4) is 0 Å². The molecule has 0 radical (unpaired) electrons. The van der Waals surface area contributed by atoms with Gasteiger partial charge < -0.3 is 10.6 Å². The Morgan fingerprint density at radius 2 is 1.84 bits per heavy atom. The van der Waals surface area contributed by atoms with E-state index in [1.165, 1.54) is 8.47 Å². The summed E-state index contributed by atoms with van der Waals surface area (Å²) in [5.74, 6) is -0.317. The molecule has 4 nitrogen and oxygen atoms in total. The van der Waals surface area contributed by atoms with Crippen molar-refractivity contribution in [3.63, 3.8) is 0 Å². The minimum atomic E-state index is -0.191. The number of rotatable bonds is 4. The Bertz CT molecular complexity index is 475. The zero-order chi connectivity index (χ0) is 13.7. The van der Waals surface area contributed by atoms with Gasteiger partial charge in [-0.05, 0) is 16.2 Å². The normalized spacial score (nSPS) is 17.6. The van der Waals surface area contributed by atoms with Gasteiger partial charge in [0.05, 0.1) is 21.4 Å². The van der Waals surface area contributed by atoms with E-state index >= 15 is 0 Å². The molecule has 2 aliphatic heterocycles. The van der Waals surface area contributed by atoms with Crippen LogP contribution in [0, 0.1) is 0 Å². The Labute approximate surface area is 128 Å². The zero-order valence-corrected chi connectivity index (χ0v) is 13.4. The second kappa shape index (κ2) is 7.37. The summed E-state index contributed by atoms with van der Waals surface area (Å²) < 4.78 is 2.50. The number of hydrogen-bond acceptors (Lipinski definition) is 6. The SMILES string of the molecule is CNC(=O)CNC(=O)CC1=CSC(=C2SC=CS2)S1. The molecule has 0 spiro atoms. The minimum Gasteiger partial charge on any atom is -0.358 e. The highest BCUT2D eigenvalue weighted by atomic mass is 32.2. The molecule has 0 aliphatic carbocycles. The predicted molar refractivity (Wildman–Crippen MR) is 86.3 cm³/mol. The van der Waals surface area contributed by atoms with E-state index < -0.39 is 0 Å². The van der Waals surface area contributed by atoms with Crippen LogP contribution in [0.3, 0.4) is 0 Å². The van der Waals surface area contributed by atoms with Gasteiger partial charge in [0.15, 0.2) is 0 Å². The smallest absolute Gasteiger partial charge is 0.239 e. The first-order chi connectivity index (χ1) is 9.19. The van der Waals surface area contributed by atoms with Gasteiger partial charge in [-0.15, -0.1) is 0 Å². The number of likely N-dealkylation sites (N-methyl/N-ethyl adjacent to an activating group) is 1. The van der Waals surface area contributed by atoms with Gasteiger partial charge in [0, 0.05) is 12.0 Å². The van der Waals surface area contributed by atoms with E-state index in [0.717, 1.165) is 4.91 Å². The van der Waals surface area contributed by atoms with Gasteiger partial charge >= 0.3 is 0 Å². The molecule has 102 valence electrons. The van der Waals surface area contributed by atoms with Gasteiger partial charge in [-0.1, -0.05) is 47.0 Å². The molecular formula is C11H12N2O2S4. The molecule has 19 heavy (non-hydrogen) atoms. The van der Waals surface area contributed by atoms with Gasteiger partial charge in [0.25, 0.3) is 0 Å². The Hall–Kier alpha value is -0.440. The third-order valence-electron chi connectivity index (χ3n) is 2.15. The largest absolute Gasteiger partial charge is 0.358 e. The summed E-state index contributed by atoms with van der Waals surface area (Å²) >= 11 is 6.72. The lowest BCUT2D eigenvalue weighted by Gasteiger charge is -2.05. The number of carbonyl (C=O) groups excluding carboxylic acids is 2. The molecule has 0 saturated heterocycles. The van der Waals surface area contributed by atoms with E-state index in [1.54, 1.807) is 54.1 Å². The van der Waals surface area contributed by atoms with Crippen LogP contribution in [0.2, 0.25) is 0 Å².